The van der Waals surface area contributed by atoms with Crippen molar-refractivity contribution in [2.24, 2.45) is 0 Å². The summed E-state index contributed by atoms with van der Waals surface area (Å²) < 4.78 is 39.5. The minimum absolute atomic E-state index is 0.00362. The highest BCUT2D eigenvalue weighted by molar-refractivity contribution is 5.89. The Labute approximate surface area is 184 Å². The highest BCUT2D eigenvalue weighted by Crippen LogP contribution is 2.34. The van der Waals surface area contributed by atoms with Gasteiger partial charge in [-0.05, 0) is 57.0 Å². The van der Waals surface area contributed by atoms with Crippen molar-refractivity contribution >= 4 is 22.8 Å². The van der Waals surface area contributed by atoms with Crippen LogP contribution in [-0.2, 0) is 6.18 Å². The smallest absolute Gasteiger partial charge is 0.341 e. The zero-order valence-corrected chi connectivity index (χ0v) is 18.1. The number of para-hydroxylation sites is 2. The van der Waals surface area contributed by atoms with Gasteiger partial charge in [0.25, 0.3) is 0 Å². The molecular weight excluding hydrogens is 419 g/mol. The summed E-state index contributed by atoms with van der Waals surface area (Å²) in [7, 11) is 0. The average molecular weight is 445 g/mol. The van der Waals surface area contributed by atoms with Gasteiger partial charge in [-0.25, -0.2) is 9.78 Å². The Hall–Kier alpha value is -3.07. The van der Waals surface area contributed by atoms with Crippen molar-refractivity contribution < 1.29 is 18.0 Å². The summed E-state index contributed by atoms with van der Waals surface area (Å²) >= 11 is 0. The van der Waals surface area contributed by atoms with Crippen LogP contribution >= 0.6 is 0 Å². The molecule has 0 radical (unpaired) electrons. The van der Waals surface area contributed by atoms with Crippen molar-refractivity contribution in [2.75, 3.05) is 11.9 Å². The second-order valence-electron chi connectivity index (χ2n) is 8.50. The number of alkyl halides is 3. The fourth-order valence-electron chi connectivity index (χ4n) is 4.29. The van der Waals surface area contributed by atoms with Gasteiger partial charge < -0.3 is 15.6 Å². The van der Waals surface area contributed by atoms with E-state index in [9.17, 15) is 18.0 Å². The minimum atomic E-state index is -4.47. The number of aryl methyl sites for hydroxylation is 1. The number of fused-ring (bicyclic) bond motifs is 1. The molecule has 4 rings (SSSR count). The summed E-state index contributed by atoms with van der Waals surface area (Å²) in [4.78, 5) is 22.9. The Morgan fingerprint density at radius 1 is 1.22 bits per heavy atom. The predicted molar refractivity (Wildman–Crippen MR) is 117 cm³/mol. The molecule has 1 fully saturated rings. The molecule has 0 saturated carbocycles. The monoisotopic (exact) mass is 445 g/mol. The zero-order valence-electron chi connectivity index (χ0n) is 18.1. The second-order valence-corrected chi connectivity index (χ2v) is 8.50. The lowest BCUT2D eigenvalue weighted by atomic mass is 10.1. The van der Waals surface area contributed by atoms with Gasteiger partial charge in [-0.15, -0.1) is 0 Å². The van der Waals surface area contributed by atoms with Crippen molar-refractivity contribution in [2.45, 2.75) is 51.5 Å². The SMILES string of the molecule is Cc1ccc(NC(=O)N[C@H]2C[C@@H](c3nc4ccccc4[nH]3)N(C(C)C)C2)cc1C(F)(F)F. The molecule has 1 aromatic heterocycles. The molecule has 3 N–H and O–H groups in total. The molecule has 0 aliphatic carbocycles. The third-order valence-corrected chi connectivity index (χ3v) is 5.86. The molecule has 3 aromatic rings. The number of carbonyl (C=O) groups excluding carboxylic acids is 1. The summed E-state index contributed by atoms with van der Waals surface area (Å²) in [6, 6.07) is 11.1. The molecule has 1 aliphatic rings. The van der Waals surface area contributed by atoms with Crippen LogP contribution < -0.4 is 10.6 Å². The van der Waals surface area contributed by atoms with Crippen molar-refractivity contribution in [3.63, 3.8) is 0 Å². The molecule has 9 heteroatoms. The number of hydrogen-bond acceptors (Lipinski definition) is 3. The summed E-state index contributed by atoms with van der Waals surface area (Å²) in [6.07, 6.45) is -3.83. The first-order valence-electron chi connectivity index (χ1n) is 10.6. The Bertz CT molecular complexity index is 1090. The van der Waals surface area contributed by atoms with E-state index in [-0.39, 0.29) is 29.4 Å². The molecular formula is C23H26F3N5O. The third kappa shape index (κ3) is 4.57. The van der Waals surface area contributed by atoms with Crippen molar-refractivity contribution in [1.29, 1.82) is 0 Å². The Balaban J connectivity index is 1.46. The van der Waals surface area contributed by atoms with Crippen LogP contribution in [0, 0.1) is 6.92 Å². The molecule has 2 amide bonds. The van der Waals surface area contributed by atoms with Gasteiger partial charge in [0.1, 0.15) is 5.82 Å². The first kappa shape index (κ1) is 22.1. The average Bonchev–Trinajstić information content (AvgIpc) is 3.32. The van der Waals surface area contributed by atoms with Gasteiger partial charge in [-0.2, -0.15) is 13.2 Å². The number of H-pyrrole nitrogens is 1. The van der Waals surface area contributed by atoms with E-state index >= 15 is 0 Å². The Morgan fingerprint density at radius 3 is 2.66 bits per heavy atom. The van der Waals surface area contributed by atoms with E-state index in [1.807, 2.05) is 24.3 Å². The van der Waals surface area contributed by atoms with Crippen LogP contribution in [-0.4, -0.2) is 39.5 Å². The zero-order chi connectivity index (χ0) is 23.0. The fraction of sp³-hybridized carbons (Fsp3) is 0.391. The van der Waals surface area contributed by atoms with Gasteiger partial charge in [-0.3, -0.25) is 4.90 Å². The van der Waals surface area contributed by atoms with E-state index in [0.717, 1.165) is 22.9 Å². The maximum absolute atomic E-state index is 13.2. The largest absolute Gasteiger partial charge is 0.416 e. The molecule has 2 heterocycles. The molecule has 0 bridgehead atoms. The molecule has 2 atom stereocenters. The first-order chi connectivity index (χ1) is 15.1. The number of nitrogens with zero attached hydrogens (tertiary/aromatic N) is 2. The number of aromatic nitrogens is 2. The number of halogens is 3. The van der Waals surface area contributed by atoms with Gasteiger partial charge in [0, 0.05) is 24.3 Å². The summed E-state index contributed by atoms with van der Waals surface area (Å²) in [5.74, 6) is 0.845. The highest BCUT2D eigenvalue weighted by Gasteiger charge is 2.37. The quantitative estimate of drug-likeness (QED) is 0.515. The van der Waals surface area contributed by atoms with Crippen LogP contribution in [0.4, 0.5) is 23.7 Å². The molecule has 1 aliphatic heterocycles. The van der Waals surface area contributed by atoms with E-state index < -0.39 is 17.8 Å². The molecule has 0 spiro atoms. The second kappa shape index (κ2) is 8.46. The number of amides is 2. The number of anilines is 1. The third-order valence-electron chi connectivity index (χ3n) is 5.86. The number of carbonyl (C=O) groups is 1. The number of urea groups is 1. The van der Waals surface area contributed by atoms with Crippen LogP contribution in [0.15, 0.2) is 42.5 Å². The molecule has 170 valence electrons. The number of nitrogens with one attached hydrogen (secondary N) is 3. The van der Waals surface area contributed by atoms with E-state index in [1.165, 1.54) is 19.1 Å². The number of rotatable bonds is 4. The van der Waals surface area contributed by atoms with Crippen LogP contribution in [0.25, 0.3) is 11.0 Å². The number of aromatic amines is 1. The molecule has 6 nitrogen and oxygen atoms in total. The van der Waals surface area contributed by atoms with Crippen LogP contribution in [0.5, 0.6) is 0 Å². The van der Waals surface area contributed by atoms with Gasteiger partial charge in [0.2, 0.25) is 0 Å². The molecule has 0 unspecified atom stereocenters. The maximum atomic E-state index is 13.2. The fourth-order valence-corrected chi connectivity index (χ4v) is 4.29. The number of imidazole rings is 1. The van der Waals surface area contributed by atoms with Crippen molar-refractivity contribution in [1.82, 2.24) is 20.2 Å². The first-order valence-corrected chi connectivity index (χ1v) is 10.6. The lowest BCUT2D eigenvalue weighted by Gasteiger charge is -2.26. The van der Waals surface area contributed by atoms with Crippen LogP contribution in [0.2, 0.25) is 0 Å². The topological polar surface area (TPSA) is 73.0 Å². The molecule has 32 heavy (non-hydrogen) atoms. The van der Waals surface area contributed by atoms with Crippen molar-refractivity contribution in [3.05, 3.63) is 59.4 Å². The molecule has 1 saturated heterocycles. The number of likely N-dealkylation sites (tertiary alicyclic amines) is 1. The summed E-state index contributed by atoms with van der Waals surface area (Å²) in [5, 5.41) is 5.44. The Morgan fingerprint density at radius 2 is 1.97 bits per heavy atom. The normalized spacial score (nSPS) is 19.6. The minimum Gasteiger partial charge on any atom is -0.341 e. The van der Waals surface area contributed by atoms with Gasteiger partial charge in [0.05, 0.1) is 22.6 Å². The van der Waals surface area contributed by atoms with E-state index in [1.54, 1.807) is 0 Å². The lowest BCUT2D eigenvalue weighted by Crippen LogP contribution is -2.40. The van der Waals surface area contributed by atoms with Gasteiger partial charge in [0.15, 0.2) is 0 Å². The predicted octanol–water partition coefficient (Wildman–Crippen LogP) is 5.24. The van der Waals surface area contributed by atoms with Gasteiger partial charge >= 0.3 is 12.2 Å². The maximum Gasteiger partial charge on any atom is 0.416 e. The summed E-state index contributed by atoms with van der Waals surface area (Å²) in [5.41, 5.74) is 1.31. The highest BCUT2D eigenvalue weighted by atomic mass is 19.4. The van der Waals surface area contributed by atoms with E-state index in [2.05, 4.69) is 34.4 Å². The van der Waals surface area contributed by atoms with E-state index in [0.29, 0.717) is 13.0 Å². The van der Waals surface area contributed by atoms with Crippen LogP contribution in [0.1, 0.15) is 43.3 Å². The number of benzene rings is 2. The van der Waals surface area contributed by atoms with Crippen LogP contribution in [0.3, 0.4) is 0 Å². The number of hydrogen-bond donors (Lipinski definition) is 3. The lowest BCUT2D eigenvalue weighted by molar-refractivity contribution is -0.138. The Kier molecular flexibility index (Phi) is 5.85. The van der Waals surface area contributed by atoms with Gasteiger partial charge in [-0.1, -0.05) is 18.2 Å². The molecule has 2 aromatic carbocycles. The van der Waals surface area contributed by atoms with Crippen molar-refractivity contribution in [3.8, 4) is 0 Å². The summed E-state index contributed by atoms with van der Waals surface area (Å²) in [6.45, 7) is 6.19. The van der Waals surface area contributed by atoms with E-state index in [4.69, 9.17) is 4.98 Å². The standard InChI is InChI=1S/C23H26F3N5O/c1-13(2)31-12-16(11-20(31)21-29-18-6-4-5-7-19(18)30-21)28-22(32)27-15-9-8-14(3)17(10-15)23(24,25)26/h4-10,13,16,20H,11-12H2,1-3H3,(H,29,30)(H2,27,28,32)/t16-,20-/m0/s1.